The minimum Gasteiger partial charge on any atom is -0.504 e. The summed E-state index contributed by atoms with van der Waals surface area (Å²) in [5, 5.41) is 21.7. The number of nitro groups is 1. The maximum atomic E-state index is 14.0. The topological polar surface area (TPSA) is 128 Å². The third-order valence-electron chi connectivity index (χ3n) is 9.29. The van der Waals surface area contributed by atoms with Crippen LogP contribution in [0.25, 0.3) is 6.08 Å². The van der Waals surface area contributed by atoms with Gasteiger partial charge in [-0.05, 0) is 95.3 Å². The number of anilines is 1. The number of halogens is 1. The van der Waals surface area contributed by atoms with Crippen molar-refractivity contribution >= 4 is 51.9 Å². The van der Waals surface area contributed by atoms with Crippen molar-refractivity contribution < 1.29 is 33.8 Å². The van der Waals surface area contributed by atoms with Gasteiger partial charge in [0.2, 0.25) is 11.8 Å². The first-order valence-corrected chi connectivity index (χ1v) is 16.7. The highest BCUT2D eigenvalue weighted by Crippen LogP contribution is 2.51. The van der Waals surface area contributed by atoms with Crippen molar-refractivity contribution in [2.24, 2.45) is 17.8 Å². The quantitative estimate of drug-likeness (QED) is 0.0724. The van der Waals surface area contributed by atoms with Gasteiger partial charge in [0, 0.05) is 18.1 Å². The lowest BCUT2D eigenvalue weighted by Gasteiger charge is -2.31. The van der Waals surface area contributed by atoms with E-state index in [4.69, 9.17) is 14.2 Å². The first kappa shape index (κ1) is 32.7. The number of benzene rings is 3. The molecule has 1 N–H and O–H groups in total. The Bertz CT molecular complexity index is 1770. The van der Waals surface area contributed by atoms with Crippen molar-refractivity contribution in [1.29, 1.82) is 0 Å². The van der Waals surface area contributed by atoms with Gasteiger partial charge in [-0.2, -0.15) is 0 Å². The van der Waals surface area contributed by atoms with Crippen LogP contribution < -0.4 is 14.4 Å². The van der Waals surface area contributed by atoms with Crippen molar-refractivity contribution in [2.45, 2.75) is 38.7 Å². The van der Waals surface area contributed by atoms with Crippen LogP contribution >= 0.6 is 22.6 Å². The Hall–Kier alpha value is -4.23. The third kappa shape index (κ3) is 6.51. The number of amides is 2. The molecule has 3 aromatic rings. The normalized spacial score (nSPS) is 22.4. The number of para-hydroxylation sites is 1. The average molecular weight is 751 g/mol. The molecule has 0 radical (unpaired) electrons. The van der Waals surface area contributed by atoms with E-state index in [1.54, 1.807) is 6.07 Å². The smallest absolute Gasteiger partial charge is 0.271 e. The van der Waals surface area contributed by atoms with Crippen LogP contribution in [0.1, 0.15) is 38.2 Å². The minimum atomic E-state index is -0.616. The summed E-state index contributed by atoms with van der Waals surface area (Å²) in [6.45, 7) is 2.66. The number of fused-ring (bicyclic) bond motifs is 3. The van der Waals surface area contributed by atoms with Gasteiger partial charge >= 0.3 is 0 Å². The summed E-state index contributed by atoms with van der Waals surface area (Å²) in [5.41, 5.74) is 4.14. The van der Waals surface area contributed by atoms with Gasteiger partial charge in [0.05, 0.1) is 45.8 Å². The zero-order valence-corrected chi connectivity index (χ0v) is 28.2. The number of phenols is 1. The van der Waals surface area contributed by atoms with E-state index in [-0.39, 0.29) is 47.6 Å². The number of nitro benzene ring substituents is 1. The van der Waals surface area contributed by atoms with Crippen molar-refractivity contribution in [3.8, 4) is 17.2 Å². The molecule has 3 aliphatic rings. The predicted molar refractivity (Wildman–Crippen MR) is 184 cm³/mol. The summed E-state index contributed by atoms with van der Waals surface area (Å²) in [6, 6.07) is 18.9. The molecule has 2 heterocycles. The number of rotatable bonds is 11. The van der Waals surface area contributed by atoms with Gasteiger partial charge in [0.15, 0.2) is 11.5 Å². The van der Waals surface area contributed by atoms with Crippen molar-refractivity contribution in [3.05, 3.63) is 103 Å². The second-order valence-electron chi connectivity index (χ2n) is 12.0. The zero-order valence-electron chi connectivity index (χ0n) is 26.1. The van der Waals surface area contributed by atoms with Crippen molar-refractivity contribution in [3.63, 3.8) is 0 Å². The van der Waals surface area contributed by atoms with E-state index in [0.29, 0.717) is 34.5 Å². The van der Waals surface area contributed by atoms with Gasteiger partial charge in [-0.3, -0.25) is 19.7 Å². The second kappa shape index (κ2) is 13.9. The highest BCUT2D eigenvalue weighted by molar-refractivity contribution is 14.1. The lowest BCUT2D eigenvalue weighted by Crippen LogP contribution is -2.35. The van der Waals surface area contributed by atoms with E-state index in [9.17, 15) is 24.8 Å². The van der Waals surface area contributed by atoms with Gasteiger partial charge < -0.3 is 19.3 Å². The van der Waals surface area contributed by atoms with Gasteiger partial charge in [-0.25, -0.2) is 4.90 Å². The minimum absolute atomic E-state index is 0.116. The summed E-state index contributed by atoms with van der Waals surface area (Å²) >= 11 is 2.09. The molecule has 11 heteroatoms. The van der Waals surface area contributed by atoms with Crippen LogP contribution in [0.2, 0.25) is 0 Å². The number of non-ortho nitro benzene ring substituents is 1. The Balaban J connectivity index is 1.29. The van der Waals surface area contributed by atoms with E-state index in [1.807, 2.05) is 42.5 Å². The summed E-state index contributed by atoms with van der Waals surface area (Å²) < 4.78 is 18.7. The van der Waals surface area contributed by atoms with Gasteiger partial charge in [-0.1, -0.05) is 42.8 Å². The fraction of sp³-hybridized carbons (Fsp3) is 0.333. The van der Waals surface area contributed by atoms with Gasteiger partial charge in [0.1, 0.15) is 12.4 Å². The third-order valence-corrected chi connectivity index (χ3v) is 10.1. The molecule has 47 heavy (non-hydrogen) atoms. The summed E-state index contributed by atoms with van der Waals surface area (Å²) in [5.74, 6) is -0.982. The molecular weight excluding hydrogens is 715 g/mol. The van der Waals surface area contributed by atoms with Crippen LogP contribution in [0.4, 0.5) is 11.4 Å². The molecular formula is C36H35IN2O8. The fourth-order valence-electron chi connectivity index (χ4n) is 7.03. The molecule has 244 valence electrons. The average Bonchev–Trinajstić information content (AvgIpc) is 3.61. The van der Waals surface area contributed by atoms with E-state index in [1.165, 1.54) is 30.9 Å². The maximum Gasteiger partial charge on any atom is 0.271 e. The number of methoxy groups -OCH3 is 1. The molecule has 0 unspecified atom stereocenters. The molecule has 0 bridgehead atoms. The van der Waals surface area contributed by atoms with E-state index >= 15 is 0 Å². The number of hydrogen-bond donors (Lipinski definition) is 1. The van der Waals surface area contributed by atoms with Gasteiger partial charge in [-0.15, -0.1) is 0 Å². The molecule has 10 nitrogen and oxygen atoms in total. The van der Waals surface area contributed by atoms with Gasteiger partial charge in [0.25, 0.3) is 5.69 Å². The molecule has 2 fully saturated rings. The van der Waals surface area contributed by atoms with Crippen LogP contribution in [0.15, 0.2) is 83.4 Å². The van der Waals surface area contributed by atoms with Crippen LogP contribution in [-0.4, -0.2) is 48.3 Å². The molecule has 6 rings (SSSR count). The van der Waals surface area contributed by atoms with E-state index in [2.05, 4.69) is 35.6 Å². The Morgan fingerprint density at radius 1 is 1.11 bits per heavy atom. The molecule has 3 aromatic carbocycles. The zero-order chi connectivity index (χ0) is 33.2. The number of allylic oxidation sites excluding steroid dienone is 1. The number of carbonyl (C=O) groups is 2. The predicted octanol–water partition coefficient (Wildman–Crippen LogP) is 7.09. The Labute approximate surface area is 286 Å². The molecule has 1 aliphatic carbocycles. The van der Waals surface area contributed by atoms with Crippen molar-refractivity contribution in [2.75, 3.05) is 25.2 Å². The van der Waals surface area contributed by atoms with Crippen LogP contribution in [0, 0.1) is 31.4 Å². The molecule has 0 saturated carbocycles. The lowest BCUT2D eigenvalue weighted by molar-refractivity contribution is -0.384. The number of aromatic hydroxyl groups is 1. The number of ether oxygens (including phenoxy) is 3. The summed E-state index contributed by atoms with van der Waals surface area (Å²) in [7, 11) is 1.53. The highest BCUT2D eigenvalue weighted by atomic mass is 127. The van der Waals surface area contributed by atoms with E-state index < -0.39 is 16.8 Å². The van der Waals surface area contributed by atoms with Crippen molar-refractivity contribution in [1.82, 2.24) is 0 Å². The molecule has 2 saturated heterocycles. The summed E-state index contributed by atoms with van der Waals surface area (Å²) in [4.78, 5) is 39.9. The van der Waals surface area contributed by atoms with Crippen LogP contribution in [0.5, 0.6) is 17.2 Å². The Morgan fingerprint density at radius 2 is 1.89 bits per heavy atom. The molecule has 2 aliphatic heterocycles. The summed E-state index contributed by atoms with van der Waals surface area (Å²) in [6.07, 6.45) is 4.44. The lowest BCUT2D eigenvalue weighted by atomic mass is 9.69. The number of hydrogen-bond acceptors (Lipinski definition) is 8. The number of carbonyl (C=O) groups excluding carboxylic acids is 2. The standard InChI is InChI=1S/C36H35IN2O8/c1-3-21(14-22-15-29(37)34(40)31(16-22)45-2)12-13-30-32-23(19-46-26-10-5-4-6-11-26)17-27-33(28(32)20-47-30)36(42)38(35(27)41)24-8-7-9-25(18-24)39(43)44/h4-11,14-16,18,27-28,30,33,40H,3,12-13,17,19-20H2,1-2H3/b21-14+/t27-,28+,30-,33-/m1/s1. The van der Waals surface area contributed by atoms with Crippen LogP contribution in [-0.2, 0) is 14.3 Å². The fourth-order valence-corrected chi connectivity index (χ4v) is 7.65. The number of imide groups is 1. The first-order chi connectivity index (χ1) is 22.7. The number of nitrogens with zero attached hydrogens (tertiary/aromatic N) is 2. The monoisotopic (exact) mass is 750 g/mol. The SMILES string of the molecule is CC/C(=C\c1cc(I)c(O)c(OC)c1)CC[C@H]1OC[C@H]2C1=C(COc1ccccc1)C[C@H]1C(=O)N(c3cccc([N+](=O)[O-])c3)C(=O)[C@H]12. The largest absolute Gasteiger partial charge is 0.504 e. The molecule has 0 aromatic heterocycles. The first-order valence-electron chi connectivity index (χ1n) is 15.6. The molecule has 2 amide bonds. The molecule has 4 atom stereocenters. The Kier molecular flexibility index (Phi) is 9.65. The highest BCUT2D eigenvalue weighted by Gasteiger charge is 2.57. The van der Waals surface area contributed by atoms with E-state index in [0.717, 1.165) is 34.5 Å². The van der Waals surface area contributed by atoms with Crippen LogP contribution in [0.3, 0.4) is 0 Å². The second-order valence-corrected chi connectivity index (χ2v) is 13.1. The maximum absolute atomic E-state index is 14.0. The Morgan fingerprint density at radius 3 is 2.62 bits per heavy atom. The number of phenolic OH excluding ortho intramolecular Hbond substituents is 1. The molecule has 0 spiro atoms.